The molecule has 1 fully saturated rings. The van der Waals surface area contributed by atoms with Crippen molar-refractivity contribution in [2.75, 3.05) is 11.9 Å². The predicted molar refractivity (Wildman–Crippen MR) is 119 cm³/mol. The van der Waals surface area contributed by atoms with E-state index in [0.717, 1.165) is 23.2 Å². The number of fused-ring (bicyclic) bond motifs is 1. The van der Waals surface area contributed by atoms with Crippen molar-refractivity contribution >= 4 is 21.6 Å². The summed E-state index contributed by atoms with van der Waals surface area (Å²) in [6.07, 6.45) is 8.59. The molecule has 1 heterocycles. The van der Waals surface area contributed by atoms with Crippen LogP contribution in [-0.2, 0) is 27.8 Å². The monoisotopic (exact) mass is 426 g/mol. The molecule has 0 bridgehead atoms. The third-order valence-corrected chi connectivity index (χ3v) is 8.21. The molecular formula is C24H30N2O3S. The molecule has 160 valence electrons. The Balaban J connectivity index is 1.40. The first-order chi connectivity index (χ1) is 14.5. The van der Waals surface area contributed by atoms with Gasteiger partial charge in [0.15, 0.2) is 0 Å². The Bertz CT molecular complexity index is 983. The van der Waals surface area contributed by atoms with Gasteiger partial charge in [-0.2, -0.15) is 4.31 Å². The van der Waals surface area contributed by atoms with E-state index in [1.54, 1.807) is 24.3 Å². The molecule has 1 aliphatic carbocycles. The Morgan fingerprint density at radius 1 is 1.00 bits per heavy atom. The average molecular weight is 427 g/mol. The number of nitrogens with zero attached hydrogens (tertiary/aromatic N) is 1. The van der Waals surface area contributed by atoms with Crippen LogP contribution in [0.5, 0.6) is 0 Å². The molecule has 0 aromatic heterocycles. The van der Waals surface area contributed by atoms with Gasteiger partial charge >= 0.3 is 0 Å². The van der Waals surface area contributed by atoms with Gasteiger partial charge in [0.05, 0.1) is 4.90 Å². The third-order valence-electron chi connectivity index (χ3n) is 6.35. The first-order valence-electron chi connectivity index (χ1n) is 11.0. The Labute approximate surface area is 179 Å². The molecule has 30 heavy (non-hydrogen) atoms. The first-order valence-corrected chi connectivity index (χ1v) is 12.4. The van der Waals surface area contributed by atoms with E-state index < -0.39 is 10.0 Å². The summed E-state index contributed by atoms with van der Waals surface area (Å²) in [6, 6.07) is 14.4. The third kappa shape index (κ3) is 4.93. The van der Waals surface area contributed by atoms with Crippen LogP contribution >= 0.6 is 0 Å². The van der Waals surface area contributed by atoms with E-state index in [9.17, 15) is 13.2 Å². The number of sulfonamides is 1. The highest BCUT2D eigenvalue weighted by Crippen LogP contribution is 2.29. The van der Waals surface area contributed by atoms with Crippen molar-refractivity contribution in [1.29, 1.82) is 0 Å². The van der Waals surface area contributed by atoms with E-state index in [1.807, 2.05) is 24.3 Å². The summed E-state index contributed by atoms with van der Waals surface area (Å²) in [5.41, 5.74) is 2.86. The van der Waals surface area contributed by atoms with Gasteiger partial charge < -0.3 is 5.32 Å². The summed E-state index contributed by atoms with van der Waals surface area (Å²) >= 11 is 0. The molecule has 1 amide bonds. The average Bonchev–Trinajstić information content (AvgIpc) is 2.78. The lowest BCUT2D eigenvalue weighted by Crippen LogP contribution is -2.36. The molecule has 6 heteroatoms. The van der Waals surface area contributed by atoms with E-state index in [2.05, 4.69) is 5.32 Å². The van der Waals surface area contributed by atoms with E-state index in [4.69, 9.17) is 0 Å². The molecule has 5 nitrogen and oxygen atoms in total. The second kappa shape index (κ2) is 9.31. The maximum Gasteiger partial charge on any atom is 0.243 e. The van der Waals surface area contributed by atoms with Gasteiger partial charge in [-0.05, 0) is 54.2 Å². The molecule has 2 aromatic carbocycles. The van der Waals surface area contributed by atoms with Crippen LogP contribution in [0.2, 0.25) is 0 Å². The Morgan fingerprint density at radius 3 is 2.53 bits per heavy atom. The predicted octanol–water partition coefficient (Wildman–Crippen LogP) is 4.73. The lowest BCUT2D eigenvalue weighted by atomic mass is 9.86. The van der Waals surface area contributed by atoms with Crippen molar-refractivity contribution in [1.82, 2.24) is 4.31 Å². The molecule has 2 aliphatic rings. The molecule has 0 radical (unpaired) electrons. The second-order valence-electron chi connectivity index (χ2n) is 8.48. The van der Waals surface area contributed by atoms with Gasteiger partial charge in [0.2, 0.25) is 15.9 Å². The number of amides is 1. The van der Waals surface area contributed by atoms with Gasteiger partial charge in [0, 0.05) is 25.2 Å². The van der Waals surface area contributed by atoms with Crippen LogP contribution in [0.15, 0.2) is 53.4 Å². The number of benzene rings is 2. The first kappa shape index (κ1) is 21.1. The fourth-order valence-corrected chi connectivity index (χ4v) is 6.03. The van der Waals surface area contributed by atoms with Crippen LogP contribution in [0, 0.1) is 5.92 Å². The highest BCUT2D eigenvalue weighted by molar-refractivity contribution is 7.89. The van der Waals surface area contributed by atoms with Gasteiger partial charge in [-0.15, -0.1) is 0 Å². The number of carbonyl (C=O) groups is 1. The van der Waals surface area contributed by atoms with Crippen molar-refractivity contribution in [3.05, 3.63) is 59.7 Å². The molecule has 0 spiro atoms. The molecule has 0 atom stereocenters. The van der Waals surface area contributed by atoms with Gasteiger partial charge in [-0.3, -0.25) is 4.79 Å². The smallest absolute Gasteiger partial charge is 0.243 e. The minimum absolute atomic E-state index is 0.0464. The second-order valence-corrected chi connectivity index (χ2v) is 10.4. The molecule has 2 aromatic rings. The summed E-state index contributed by atoms with van der Waals surface area (Å²) in [6.45, 7) is 0.801. The molecule has 0 unspecified atom stereocenters. The molecular weight excluding hydrogens is 396 g/mol. The summed E-state index contributed by atoms with van der Waals surface area (Å²) < 4.78 is 27.4. The molecule has 1 saturated carbocycles. The maximum atomic E-state index is 13.0. The van der Waals surface area contributed by atoms with Crippen LogP contribution in [0.4, 0.5) is 5.69 Å². The number of anilines is 1. The van der Waals surface area contributed by atoms with E-state index in [1.165, 1.54) is 36.4 Å². The topological polar surface area (TPSA) is 66.5 Å². The van der Waals surface area contributed by atoms with Crippen molar-refractivity contribution in [2.45, 2.75) is 62.8 Å². The number of rotatable bonds is 6. The summed E-state index contributed by atoms with van der Waals surface area (Å²) in [7, 11) is -3.52. The fourth-order valence-electron chi connectivity index (χ4n) is 4.59. The Hall–Kier alpha value is -2.18. The largest absolute Gasteiger partial charge is 0.326 e. The van der Waals surface area contributed by atoms with Crippen LogP contribution < -0.4 is 5.32 Å². The standard InChI is InChI=1S/C24H30N2O3S/c27-24(14-11-19-7-3-1-4-8-19)25-22-13-12-20-15-16-26(18-21(20)17-22)30(28,29)23-9-5-2-6-10-23/h2,5-6,9-10,12-13,17,19H,1,3-4,7-8,11,14-16,18H2,(H,25,27). The number of nitrogens with one attached hydrogen (secondary N) is 1. The fraction of sp³-hybridized carbons (Fsp3) is 0.458. The SMILES string of the molecule is O=C(CCC1CCCCC1)Nc1ccc2c(c1)CN(S(=O)(=O)c1ccccc1)CC2. The van der Waals surface area contributed by atoms with E-state index >= 15 is 0 Å². The Kier molecular flexibility index (Phi) is 6.54. The minimum atomic E-state index is -3.52. The molecule has 0 saturated heterocycles. The van der Waals surface area contributed by atoms with Crippen molar-refractivity contribution < 1.29 is 13.2 Å². The van der Waals surface area contributed by atoms with Crippen molar-refractivity contribution in [3.8, 4) is 0 Å². The van der Waals surface area contributed by atoms with E-state index in [-0.39, 0.29) is 5.91 Å². The molecule has 1 N–H and O–H groups in total. The van der Waals surface area contributed by atoms with Crippen LogP contribution in [-0.4, -0.2) is 25.2 Å². The van der Waals surface area contributed by atoms with Crippen LogP contribution in [0.1, 0.15) is 56.1 Å². The van der Waals surface area contributed by atoms with Crippen LogP contribution in [0.25, 0.3) is 0 Å². The maximum absolute atomic E-state index is 13.0. The van der Waals surface area contributed by atoms with Gasteiger partial charge in [-0.25, -0.2) is 8.42 Å². The number of hydrogen-bond donors (Lipinski definition) is 1. The van der Waals surface area contributed by atoms with Crippen LogP contribution in [0.3, 0.4) is 0 Å². The zero-order chi connectivity index (χ0) is 21.0. The quantitative estimate of drug-likeness (QED) is 0.726. The Morgan fingerprint density at radius 2 is 1.77 bits per heavy atom. The highest BCUT2D eigenvalue weighted by atomic mass is 32.2. The van der Waals surface area contributed by atoms with Gasteiger partial charge in [-0.1, -0.05) is 56.4 Å². The van der Waals surface area contributed by atoms with Gasteiger partial charge in [0.1, 0.15) is 0 Å². The lowest BCUT2D eigenvalue weighted by molar-refractivity contribution is -0.116. The highest BCUT2D eigenvalue weighted by Gasteiger charge is 2.28. The zero-order valence-corrected chi connectivity index (χ0v) is 18.2. The summed E-state index contributed by atoms with van der Waals surface area (Å²) in [5, 5.41) is 3.01. The van der Waals surface area contributed by atoms with Crippen molar-refractivity contribution in [3.63, 3.8) is 0 Å². The van der Waals surface area contributed by atoms with E-state index in [0.29, 0.717) is 36.7 Å². The molecule has 1 aliphatic heterocycles. The molecule has 4 rings (SSSR count). The summed E-state index contributed by atoms with van der Waals surface area (Å²) in [5.74, 6) is 0.731. The zero-order valence-electron chi connectivity index (χ0n) is 17.3. The lowest BCUT2D eigenvalue weighted by Gasteiger charge is -2.28. The number of carbonyl (C=O) groups excluding carboxylic acids is 1. The minimum Gasteiger partial charge on any atom is -0.326 e. The normalized spacial score (nSPS) is 18.0. The number of hydrogen-bond acceptors (Lipinski definition) is 3. The van der Waals surface area contributed by atoms with Crippen molar-refractivity contribution in [2.24, 2.45) is 5.92 Å². The van der Waals surface area contributed by atoms with Gasteiger partial charge in [0.25, 0.3) is 0 Å². The summed E-state index contributed by atoms with van der Waals surface area (Å²) in [4.78, 5) is 12.7.